The first-order chi connectivity index (χ1) is 19.4. The van der Waals surface area contributed by atoms with Crippen molar-refractivity contribution in [2.75, 3.05) is 0 Å². The SMILES string of the molecule is O=C(O)c1cncc(-c2noc(C34CCC(OCc5c(-c6c(Cl)cccc6Cl)noc5C5CC5)(CC3)CC4)n2)c1. The van der Waals surface area contributed by atoms with Crippen molar-refractivity contribution in [3.8, 4) is 22.6 Å². The van der Waals surface area contributed by atoms with Crippen LogP contribution in [0, 0.1) is 0 Å². The predicted octanol–water partition coefficient (Wildman–Crippen LogP) is 7.23. The zero-order valence-corrected chi connectivity index (χ0v) is 23.0. The summed E-state index contributed by atoms with van der Waals surface area (Å²) in [5.41, 5.74) is 2.43. The van der Waals surface area contributed by atoms with Crippen molar-refractivity contribution in [1.82, 2.24) is 20.3 Å². The van der Waals surface area contributed by atoms with Crippen molar-refractivity contribution in [3.05, 3.63) is 69.5 Å². The molecular formula is C29H26Cl2N4O5. The molecule has 0 saturated heterocycles. The van der Waals surface area contributed by atoms with Gasteiger partial charge < -0.3 is 18.9 Å². The Hall–Kier alpha value is -3.27. The monoisotopic (exact) mass is 580 g/mol. The topological polar surface area (TPSA) is 124 Å². The third kappa shape index (κ3) is 4.40. The van der Waals surface area contributed by atoms with Crippen LogP contribution in [-0.2, 0) is 16.8 Å². The molecular weight excluding hydrogens is 555 g/mol. The Morgan fingerprint density at radius 3 is 2.42 bits per heavy atom. The second kappa shape index (κ2) is 9.68. The molecule has 1 aromatic carbocycles. The summed E-state index contributed by atoms with van der Waals surface area (Å²) < 4.78 is 18.3. The molecule has 4 aliphatic carbocycles. The van der Waals surface area contributed by atoms with E-state index >= 15 is 0 Å². The third-order valence-corrected chi connectivity index (χ3v) is 9.42. The second-order valence-electron chi connectivity index (χ2n) is 11.2. The highest BCUT2D eigenvalue weighted by molar-refractivity contribution is 6.39. The van der Waals surface area contributed by atoms with Crippen LogP contribution in [0.2, 0.25) is 10.0 Å². The Kier molecular flexibility index (Phi) is 6.21. The Morgan fingerprint density at radius 1 is 1.02 bits per heavy atom. The fourth-order valence-electron chi connectivity index (χ4n) is 6.20. The molecule has 0 radical (unpaired) electrons. The first-order valence-corrected chi connectivity index (χ1v) is 14.2. The lowest BCUT2D eigenvalue weighted by atomic mass is 9.58. The maximum atomic E-state index is 11.3. The van der Waals surface area contributed by atoms with Crippen LogP contribution in [0.25, 0.3) is 22.6 Å². The highest BCUT2D eigenvalue weighted by atomic mass is 35.5. The van der Waals surface area contributed by atoms with Crippen molar-refractivity contribution in [1.29, 1.82) is 0 Å². The summed E-state index contributed by atoms with van der Waals surface area (Å²) in [6.45, 7) is 0.386. The minimum atomic E-state index is -1.05. The van der Waals surface area contributed by atoms with Gasteiger partial charge in [0.25, 0.3) is 0 Å². The molecule has 0 aliphatic heterocycles. The summed E-state index contributed by atoms with van der Waals surface area (Å²) in [5.74, 6) is 1.14. The van der Waals surface area contributed by atoms with E-state index in [1.807, 2.05) is 18.2 Å². The fourth-order valence-corrected chi connectivity index (χ4v) is 6.77. The Balaban J connectivity index is 1.09. The summed E-state index contributed by atoms with van der Waals surface area (Å²) >= 11 is 13.1. The van der Waals surface area contributed by atoms with Crippen molar-refractivity contribution >= 4 is 29.2 Å². The number of halogens is 2. The number of carboxylic acid groups (broad SMARTS) is 1. The Bertz CT molecular complexity index is 1570. The lowest BCUT2D eigenvalue weighted by Crippen LogP contribution is -2.49. The third-order valence-electron chi connectivity index (χ3n) is 8.79. The molecule has 4 saturated carbocycles. The van der Waals surface area contributed by atoms with Gasteiger partial charge >= 0.3 is 5.97 Å². The second-order valence-corrected chi connectivity index (χ2v) is 12.0. The first kappa shape index (κ1) is 25.7. The van der Waals surface area contributed by atoms with Gasteiger partial charge in [-0.25, -0.2) is 4.79 Å². The van der Waals surface area contributed by atoms with Gasteiger partial charge in [-0.3, -0.25) is 4.98 Å². The molecule has 1 N–H and O–H groups in total. The highest BCUT2D eigenvalue weighted by Gasteiger charge is 2.53. The van der Waals surface area contributed by atoms with Crippen LogP contribution in [0.1, 0.15) is 84.9 Å². The van der Waals surface area contributed by atoms with E-state index in [0.29, 0.717) is 51.1 Å². The number of rotatable bonds is 8. The van der Waals surface area contributed by atoms with E-state index < -0.39 is 5.97 Å². The number of hydrogen-bond donors (Lipinski definition) is 1. The maximum Gasteiger partial charge on any atom is 0.337 e. The van der Waals surface area contributed by atoms with Crippen molar-refractivity contribution in [3.63, 3.8) is 0 Å². The molecule has 206 valence electrons. The smallest absolute Gasteiger partial charge is 0.337 e. The van der Waals surface area contributed by atoms with E-state index in [-0.39, 0.29) is 16.6 Å². The molecule has 4 fully saturated rings. The molecule has 2 bridgehead atoms. The largest absolute Gasteiger partial charge is 0.478 e. The average molecular weight is 581 g/mol. The Morgan fingerprint density at radius 2 is 1.75 bits per heavy atom. The highest BCUT2D eigenvalue weighted by Crippen LogP contribution is 2.55. The number of fused-ring (bicyclic) bond motifs is 3. The number of carbonyl (C=O) groups is 1. The number of carboxylic acids is 1. The van der Waals surface area contributed by atoms with E-state index in [1.54, 1.807) is 6.20 Å². The zero-order chi connectivity index (χ0) is 27.5. The van der Waals surface area contributed by atoms with E-state index in [0.717, 1.165) is 62.7 Å². The lowest BCUT2D eigenvalue weighted by Gasteiger charge is -2.51. The molecule has 3 heterocycles. The first-order valence-electron chi connectivity index (χ1n) is 13.5. The number of benzene rings is 1. The van der Waals surface area contributed by atoms with Crippen molar-refractivity contribution < 1.29 is 23.7 Å². The molecule has 4 aromatic rings. The van der Waals surface area contributed by atoms with Crippen molar-refractivity contribution in [2.45, 2.75) is 74.9 Å². The van der Waals surface area contributed by atoms with Crippen LogP contribution in [0.3, 0.4) is 0 Å². The number of aromatic nitrogens is 4. The van der Waals surface area contributed by atoms with E-state index in [1.165, 1.54) is 12.3 Å². The number of ether oxygens (including phenoxy) is 1. The molecule has 0 amide bonds. The van der Waals surface area contributed by atoms with Gasteiger partial charge in [-0.15, -0.1) is 0 Å². The zero-order valence-electron chi connectivity index (χ0n) is 21.5. The van der Waals surface area contributed by atoms with Gasteiger partial charge in [-0.1, -0.05) is 39.6 Å². The quantitative estimate of drug-likeness (QED) is 0.229. The number of aromatic carboxylic acids is 1. The summed E-state index contributed by atoms with van der Waals surface area (Å²) in [5, 5.41) is 18.9. The van der Waals surface area contributed by atoms with Gasteiger partial charge in [0.2, 0.25) is 11.7 Å². The van der Waals surface area contributed by atoms with Crippen LogP contribution >= 0.6 is 23.2 Å². The molecule has 3 aromatic heterocycles. The molecule has 4 aliphatic rings. The summed E-state index contributed by atoms with van der Waals surface area (Å²) in [6.07, 6.45) is 10.2. The Labute approximate surface area is 239 Å². The van der Waals surface area contributed by atoms with Gasteiger partial charge in [0.15, 0.2) is 0 Å². The van der Waals surface area contributed by atoms with E-state index in [2.05, 4.69) is 20.3 Å². The number of pyridine rings is 1. The van der Waals surface area contributed by atoms with Crippen LogP contribution < -0.4 is 0 Å². The van der Waals surface area contributed by atoms with E-state index in [9.17, 15) is 9.90 Å². The molecule has 11 heteroatoms. The van der Waals surface area contributed by atoms with Crippen LogP contribution in [0.15, 0.2) is 45.7 Å². The van der Waals surface area contributed by atoms with Crippen LogP contribution in [0.4, 0.5) is 0 Å². The molecule has 40 heavy (non-hydrogen) atoms. The fraction of sp³-hybridized carbons (Fsp3) is 0.414. The molecule has 9 nitrogen and oxygen atoms in total. The maximum absolute atomic E-state index is 11.3. The van der Waals surface area contributed by atoms with Crippen LogP contribution in [0.5, 0.6) is 0 Å². The normalized spacial score (nSPS) is 23.9. The minimum Gasteiger partial charge on any atom is -0.478 e. The summed E-state index contributed by atoms with van der Waals surface area (Å²) in [6, 6.07) is 6.94. The van der Waals surface area contributed by atoms with Crippen LogP contribution in [-0.4, -0.2) is 37.0 Å². The molecule has 0 spiro atoms. The average Bonchev–Trinajstić information content (AvgIpc) is 3.53. The summed E-state index contributed by atoms with van der Waals surface area (Å²) in [7, 11) is 0. The lowest BCUT2D eigenvalue weighted by molar-refractivity contribution is -0.130. The van der Waals surface area contributed by atoms with Crippen molar-refractivity contribution in [2.24, 2.45) is 0 Å². The molecule has 0 unspecified atom stereocenters. The number of hydrogen-bond acceptors (Lipinski definition) is 8. The molecule has 0 atom stereocenters. The van der Waals surface area contributed by atoms with Gasteiger partial charge in [0.05, 0.1) is 33.2 Å². The van der Waals surface area contributed by atoms with Gasteiger partial charge in [-0.2, -0.15) is 4.98 Å². The minimum absolute atomic E-state index is 0.0805. The molecule has 8 rings (SSSR count). The van der Waals surface area contributed by atoms with E-state index in [4.69, 9.17) is 37.0 Å². The van der Waals surface area contributed by atoms with Gasteiger partial charge in [0.1, 0.15) is 11.5 Å². The summed E-state index contributed by atoms with van der Waals surface area (Å²) in [4.78, 5) is 20.0. The van der Waals surface area contributed by atoms with Gasteiger partial charge in [-0.05, 0) is 69.6 Å². The number of nitrogens with zero attached hydrogens (tertiary/aromatic N) is 4. The van der Waals surface area contributed by atoms with Gasteiger partial charge in [0, 0.05) is 35.0 Å². The standard InChI is InChI=1S/C29H26Cl2N4O5/c30-20-2-1-3-21(31)22(20)23-19(24(39-34-23)16-4-5-16)15-38-29-9-6-28(7-10-29,8-11-29)27-33-25(35-40-27)17-12-18(26(36)37)14-32-13-17/h1-3,12-14,16H,4-11,15H2,(H,36,37). The predicted molar refractivity (Wildman–Crippen MR) is 145 cm³/mol.